The first-order valence-corrected chi connectivity index (χ1v) is 30.0. The zero-order valence-corrected chi connectivity index (χ0v) is 64.1. The van der Waals surface area contributed by atoms with E-state index < -0.39 is 50.2 Å². The van der Waals surface area contributed by atoms with Gasteiger partial charge in [-0.1, -0.05) is 202 Å². The molecule has 2 amide bonds. The van der Waals surface area contributed by atoms with Gasteiger partial charge in [0, 0.05) is 19.3 Å². The molecule has 4 N–H and O–H groups in total. The zero-order chi connectivity index (χ0) is 53.7. The van der Waals surface area contributed by atoms with Crippen molar-refractivity contribution in [2.45, 2.75) is 290 Å². The van der Waals surface area contributed by atoms with E-state index in [0.29, 0.717) is 35.9 Å². The van der Waals surface area contributed by atoms with Gasteiger partial charge in [0.25, 0.3) is 14.3 Å². The van der Waals surface area contributed by atoms with Gasteiger partial charge < -0.3 is 60.1 Å². The van der Waals surface area contributed by atoms with E-state index in [4.69, 9.17) is 13.9 Å². The van der Waals surface area contributed by atoms with Crippen molar-refractivity contribution in [2.75, 3.05) is 13.2 Å². The summed E-state index contributed by atoms with van der Waals surface area (Å²) < 4.78 is 16.0. The minimum Gasteiger partial charge on any atom is -0.870 e. The average molecular weight is 1210 g/mol. The molecule has 0 aliphatic heterocycles. The standard InChI is InChI=1S/C34H65NO7Si.C21H36NO6.4K.2H2O/c1-9-40-33(38)32(34(39)41-10-2)35-30(36)25-23-21-19-17-15-13-11-12-14-16-18-20-22-24-26-31(37)42-43(27(3)4,28(5)6)29(7)8;23-17-15-13-11-9-7-5-3-1-2-4-6-8-10-12-14-16-18(24)22-19(20(25)26)21(27)28;;;;;;/h27-29,32H,9-26H2,1-8H3,(H,35,36);19H,1-16H2,(H,22,24)(H,25,26)(H,27,28);;;;;2*1H2/q;-1;4*+1;;/p-4. The van der Waals surface area contributed by atoms with Crippen molar-refractivity contribution in [1.82, 2.24) is 10.6 Å². The first-order valence-electron chi connectivity index (χ1n) is 27.8. The molecule has 0 saturated carbocycles. The van der Waals surface area contributed by atoms with Gasteiger partial charge in [-0.25, -0.2) is 9.59 Å². The van der Waals surface area contributed by atoms with Gasteiger partial charge in [0.1, 0.15) is 6.04 Å². The summed E-state index contributed by atoms with van der Waals surface area (Å²) in [6.07, 6.45) is 34.9. The molecule has 0 aromatic carbocycles. The Bertz CT molecular complexity index is 1410. The first-order chi connectivity index (χ1) is 33.9. The Hall–Kier alpha value is 2.64. The van der Waals surface area contributed by atoms with Crippen molar-refractivity contribution in [3.05, 3.63) is 0 Å². The van der Waals surface area contributed by atoms with Crippen LogP contribution in [0.2, 0.25) is 16.6 Å². The summed E-state index contributed by atoms with van der Waals surface area (Å²) in [6, 6.07) is -3.48. The van der Waals surface area contributed by atoms with Gasteiger partial charge in [-0.15, -0.1) is 0 Å². The fraction of sp³-hybridized carbons (Fsp3) is 0.855. The van der Waals surface area contributed by atoms with Crippen molar-refractivity contribution in [3.8, 4) is 0 Å². The van der Waals surface area contributed by atoms with Crippen LogP contribution in [0.4, 0.5) is 0 Å². The Balaban J connectivity index is -0.000000205. The molecule has 0 radical (unpaired) electrons. The van der Waals surface area contributed by atoms with Crippen LogP contribution in [0, 0.1) is 0 Å². The van der Waals surface area contributed by atoms with E-state index in [1.165, 1.54) is 103 Å². The number of ether oxygens (including phenoxy) is 2. The molecule has 430 valence electrons. The van der Waals surface area contributed by atoms with Crippen molar-refractivity contribution in [2.24, 2.45) is 0 Å². The second-order valence-corrected chi connectivity index (χ2v) is 25.4. The van der Waals surface area contributed by atoms with Crippen LogP contribution in [0.25, 0.3) is 0 Å². The number of rotatable bonds is 46. The molecule has 0 bridgehead atoms. The molecular formula is C55H101K4N2O15Si-. The Kier molecular flexibility index (Phi) is 82.5. The van der Waals surface area contributed by atoms with Gasteiger partial charge in [-0.05, 0) is 49.7 Å². The van der Waals surface area contributed by atoms with Crippen LogP contribution in [-0.4, -0.2) is 92.5 Å². The van der Waals surface area contributed by atoms with E-state index in [1.54, 1.807) is 13.8 Å². The molecule has 0 unspecified atom stereocenters. The topological polar surface area (TPSA) is 294 Å². The van der Waals surface area contributed by atoms with Crippen LogP contribution in [0.3, 0.4) is 0 Å². The molecule has 0 aliphatic rings. The van der Waals surface area contributed by atoms with Gasteiger partial charge >= 0.3 is 217 Å². The first kappa shape index (κ1) is 96.0. The molecule has 0 aliphatic carbocycles. The Morgan fingerprint density at radius 1 is 0.416 bits per heavy atom. The van der Waals surface area contributed by atoms with Gasteiger partial charge in [0.15, 0.2) is 0 Å². The molecular weight excluding hydrogens is 1110 g/mol. The molecule has 0 fully saturated rings. The summed E-state index contributed by atoms with van der Waals surface area (Å²) in [5, 5.41) is 25.4. The van der Waals surface area contributed by atoms with Crippen LogP contribution in [-0.2, 0) is 52.3 Å². The van der Waals surface area contributed by atoms with Crippen LogP contribution in [0.5, 0.6) is 0 Å². The number of unbranched alkanes of at least 4 members (excludes halogenated alkanes) is 27. The maximum absolute atomic E-state index is 12.6. The third-order valence-corrected chi connectivity index (χ3v) is 19.1. The summed E-state index contributed by atoms with van der Waals surface area (Å²) in [5.41, 5.74) is 1.30. The molecule has 0 spiro atoms. The molecule has 0 atom stereocenters. The van der Waals surface area contributed by atoms with Crippen molar-refractivity contribution in [3.63, 3.8) is 0 Å². The number of hydrogen-bond donors (Lipinski definition) is 2. The van der Waals surface area contributed by atoms with E-state index in [0.717, 1.165) is 70.6 Å². The average Bonchev–Trinajstić information content (AvgIpc) is 3.31. The quantitative estimate of drug-likeness (QED) is 0.0210. The van der Waals surface area contributed by atoms with Gasteiger partial charge in [0.2, 0.25) is 17.9 Å². The number of amides is 2. The van der Waals surface area contributed by atoms with E-state index in [-0.39, 0.29) is 254 Å². The third kappa shape index (κ3) is 53.8. The van der Waals surface area contributed by atoms with Crippen LogP contribution < -0.4 is 226 Å². The molecule has 17 nitrogen and oxygen atoms in total. The summed E-state index contributed by atoms with van der Waals surface area (Å²) in [7, 11) is -2.11. The van der Waals surface area contributed by atoms with E-state index in [9.17, 15) is 48.6 Å². The minimum atomic E-state index is -2.11. The monoisotopic (exact) mass is 1210 g/mol. The normalized spacial score (nSPS) is 10.5. The molecule has 22 heteroatoms. The number of carbonyl (C=O) groups excluding carboxylic acids is 8. The largest absolute Gasteiger partial charge is 1.00 e. The molecule has 0 heterocycles. The number of esters is 2. The summed E-state index contributed by atoms with van der Waals surface area (Å²) in [5.74, 6) is -6.25. The molecule has 0 rings (SSSR count). The summed E-state index contributed by atoms with van der Waals surface area (Å²) in [4.78, 5) is 91.4. The Labute approximate surface area is 637 Å². The van der Waals surface area contributed by atoms with E-state index in [1.807, 2.05) is 11.6 Å². The maximum atomic E-state index is 12.6. The predicted molar refractivity (Wildman–Crippen MR) is 282 cm³/mol. The summed E-state index contributed by atoms with van der Waals surface area (Å²) >= 11 is 0. The van der Waals surface area contributed by atoms with Gasteiger partial charge in [-0.3, -0.25) is 20.7 Å². The second-order valence-electron chi connectivity index (χ2n) is 20.0. The number of carbonyl (C=O) groups is 7. The van der Waals surface area contributed by atoms with Gasteiger partial charge in [-0.2, -0.15) is 6.42 Å². The Morgan fingerprint density at radius 3 is 0.909 bits per heavy atom. The van der Waals surface area contributed by atoms with Gasteiger partial charge in [0.05, 0.1) is 25.2 Å². The minimum absolute atomic E-state index is 0. The number of nitrogens with one attached hydrogen (secondary N) is 2. The van der Waals surface area contributed by atoms with Crippen LogP contribution in [0.1, 0.15) is 261 Å². The number of carboxylic acid groups (broad SMARTS) is 2. The Morgan fingerprint density at radius 2 is 0.662 bits per heavy atom. The van der Waals surface area contributed by atoms with Crippen molar-refractivity contribution >= 4 is 56.3 Å². The van der Waals surface area contributed by atoms with Crippen LogP contribution in [0.15, 0.2) is 0 Å². The summed E-state index contributed by atoms with van der Waals surface area (Å²) in [6.45, 7) is 16.9. The van der Waals surface area contributed by atoms with E-state index in [2.05, 4.69) is 46.9 Å². The fourth-order valence-corrected chi connectivity index (χ4v) is 14.4. The molecule has 0 aromatic heterocycles. The fourth-order valence-electron chi connectivity index (χ4n) is 9.23. The third-order valence-electron chi connectivity index (χ3n) is 13.1. The smallest absolute Gasteiger partial charge is 0.870 e. The molecule has 77 heavy (non-hydrogen) atoms. The second kappa shape index (κ2) is 66.2. The zero-order valence-electron chi connectivity index (χ0n) is 50.6. The molecule has 0 aromatic rings. The van der Waals surface area contributed by atoms with Crippen molar-refractivity contribution in [1.29, 1.82) is 0 Å². The predicted octanol–water partition coefficient (Wildman–Crippen LogP) is -2.46. The molecule has 0 saturated heterocycles. The van der Waals surface area contributed by atoms with E-state index >= 15 is 0 Å². The van der Waals surface area contributed by atoms with Crippen LogP contribution >= 0.6 is 0 Å². The van der Waals surface area contributed by atoms with Crippen molar-refractivity contribution < 1.29 is 279 Å². The number of aliphatic carboxylic acids is 2. The maximum Gasteiger partial charge on any atom is 1.00 e. The number of hydrogen-bond acceptors (Lipinski definition) is 15. The number of carboxylic acids is 2. The SMILES string of the molecule is CCOC(=O)C(NC(=O)CCCCCCCCCCCCCCCCC(=O)O[Si](C(C)C)(C(C)C)C(C)C)C(=O)OCC.O=[C-]CCCCCCCCCCCCCCCCC(=O)NC(C(=O)[O-])C(=O)[O-].[K+].[K+].[K+].[K+].[OH-].[OH-].